The number of aromatic nitrogens is 2. The van der Waals surface area contributed by atoms with Gasteiger partial charge in [-0.25, -0.2) is 0 Å². The molecule has 0 spiro atoms. The van der Waals surface area contributed by atoms with E-state index in [-0.39, 0.29) is 11.8 Å². The molecule has 6 nitrogen and oxygen atoms in total. The Morgan fingerprint density at radius 1 is 1.07 bits per heavy atom. The Balaban J connectivity index is 1.49. The number of anilines is 1. The van der Waals surface area contributed by atoms with E-state index in [2.05, 4.69) is 15.5 Å². The van der Waals surface area contributed by atoms with Gasteiger partial charge in [-0.05, 0) is 55.3 Å². The van der Waals surface area contributed by atoms with Gasteiger partial charge in [0.2, 0.25) is 11.7 Å². The first-order valence-electron chi connectivity index (χ1n) is 9.62. The van der Waals surface area contributed by atoms with Crippen molar-refractivity contribution in [3.05, 3.63) is 48.5 Å². The number of rotatable bonds is 5. The van der Waals surface area contributed by atoms with Crippen LogP contribution < -0.4 is 10.1 Å². The molecule has 1 saturated carbocycles. The van der Waals surface area contributed by atoms with Crippen molar-refractivity contribution in [3.63, 3.8) is 0 Å². The van der Waals surface area contributed by atoms with Gasteiger partial charge >= 0.3 is 0 Å². The third kappa shape index (κ3) is 4.06. The fourth-order valence-corrected chi connectivity index (χ4v) is 3.54. The van der Waals surface area contributed by atoms with Gasteiger partial charge in [-0.2, -0.15) is 4.98 Å². The van der Waals surface area contributed by atoms with Gasteiger partial charge in [0, 0.05) is 22.7 Å². The average Bonchev–Trinajstić information content (AvgIpc) is 3.25. The summed E-state index contributed by atoms with van der Waals surface area (Å²) < 4.78 is 10.6. The maximum absolute atomic E-state index is 12.5. The topological polar surface area (TPSA) is 77.3 Å². The van der Waals surface area contributed by atoms with Crippen molar-refractivity contribution in [2.24, 2.45) is 5.92 Å². The van der Waals surface area contributed by atoms with E-state index >= 15 is 0 Å². The summed E-state index contributed by atoms with van der Waals surface area (Å²) in [6.07, 6.45) is 5.44. The minimum atomic E-state index is 0.0984. The molecule has 1 aromatic heterocycles. The standard InChI is InChI=1S/C22H23N3O3/c1-27-19-12-10-15(11-13-19)20-24-22(28-25-20)17-8-5-9-18(14-17)23-21(26)16-6-3-2-4-7-16/h5,8-14,16H,2-4,6-7H2,1H3,(H,23,26). The summed E-state index contributed by atoms with van der Waals surface area (Å²) in [5.41, 5.74) is 2.36. The van der Waals surface area contributed by atoms with Crippen molar-refractivity contribution in [1.29, 1.82) is 0 Å². The van der Waals surface area contributed by atoms with Crippen LogP contribution in [0.4, 0.5) is 5.69 Å². The van der Waals surface area contributed by atoms with Gasteiger partial charge in [0.25, 0.3) is 5.89 Å². The summed E-state index contributed by atoms with van der Waals surface area (Å²) >= 11 is 0. The van der Waals surface area contributed by atoms with Crippen LogP contribution in [0.3, 0.4) is 0 Å². The summed E-state index contributed by atoms with van der Waals surface area (Å²) in [5.74, 6) is 1.91. The number of benzene rings is 2. The summed E-state index contributed by atoms with van der Waals surface area (Å²) in [4.78, 5) is 17.0. The molecule has 1 amide bonds. The molecular formula is C22H23N3O3. The third-order valence-corrected chi connectivity index (χ3v) is 5.13. The minimum Gasteiger partial charge on any atom is -0.497 e. The average molecular weight is 377 g/mol. The van der Waals surface area contributed by atoms with Crippen LogP contribution in [0.5, 0.6) is 5.75 Å². The minimum absolute atomic E-state index is 0.0984. The molecule has 0 aliphatic heterocycles. The summed E-state index contributed by atoms with van der Waals surface area (Å²) in [5, 5.41) is 7.10. The lowest BCUT2D eigenvalue weighted by molar-refractivity contribution is -0.120. The molecule has 144 valence electrons. The number of carbonyl (C=O) groups is 1. The van der Waals surface area contributed by atoms with Gasteiger partial charge in [-0.15, -0.1) is 0 Å². The molecule has 0 bridgehead atoms. The molecule has 1 fully saturated rings. The number of methoxy groups -OCH3 is 1. The lowest BCUT2D eigenvalue weighted by atomic mass is 9.88. The van der Waals surface area contributed by atoms with Gasteiger partial charge in [0.1, 0.15) is 5.75 Å². The number of hydrogen-bond acceptors (Lipinski definition) is 5. The lowest BCUT2D eigenvalue weighted by Gasteiger charge is -2.20. The molecule has 6 heteroatoms. The number of carbonyl (C=O) groups excluding carboxylic acids is 1. The molecule has 0 unspecified atom stereocenters. The van der Waals surface area contributed by atoms with Crippen molar-refractivity contribution in [2.45, 2.75) is 32.1 Å². The van der Waals surface area contributed by atoms with Crippen LogP contribution in [-0.4, -0.2) is 23.2 Å². The second kappa shape index (κ2) is 8.25. The molecule has 2 aromatic carbocycles. The van der Waals surface area contributed by atoms with E-state index in [0.717, 1.165) is 48.2 Å². The van der Waals surface area contributed by atoms with E-state index in [9.17, 15) is 4.79 Å². The van der Waals surface area contributed by atoms with Gasteiger partial charge in [0.15, 0.2) is 0 Å². The molecule has 0 radical (unpaired) electrons. The molecule has 4 rings (SSSR count). The highest BCUT2D eigenvalue weighted by Crippen LogP contribution is 2.27. The first kappa shape index (κ1) is 18.2. The second-order valence-electron chi connectivity index (χ2n) is 7.06. The molecule has 3 aromatic rings. The van der Waals surface area contributed by atoms with Crippen molar-refractivity contribution in [2.75, 3.05) is 12.4 Å². The number of ether oxygens (including phenoxy) is 1. The molecular weight excluding hydrogens is 354 g/mol. The normalized spacial score (nSPS) is 14.6. The zero-order valence-corrected chi connectivity index (χ0v) is 15.9. The van der Waals surface area contributed by atoms with E-state index in [0.29, 0.717) is 11.7 Å². The maximum atomic E-state index is 12.5. The van der Waals surface area contributed by atoms with Crippen molar-refractivity contribution in [3.8, 4) is 28.6 Å². The fourth-order valence-electron chi connectivity index (χ4n) is 3.54. The largest absolute Gasteiger partial charge is 0.497 e. The second-order valence-corrected chi connectivity index (χ2v) is 7.06. The van der Waals surface area contributed by atoms with Crippen molar-refractivity contribution < 1.29 is 14.1 Å². The highest BCUT2D eigenvalue weighted by Gasteiger charge is 2.21. The first-order valence-corrected chi connectivity index (χ1v) is 9.62. The smallest absolute Gasteiger partial charge is 0.258 e. The first-order chi connectivity index (χ1) is 13.7. The number of nitrogens with one attached hydrogen (secondary N) is 1. The Hall–Kier alpha value is -3.15. The number of amides is 1. The monoisotopic (exact) mass is 377 g/mol. The quantitative estimate of drug-likeness (QED) is 0.682. The Morgan fingerprint density at radius 2 is 1.86 bits per heavy atom. The molecule has 1 aliphatic carbocycles. The number of nitrogens with zero attached hydrogens (tertiary/aromatic N) is 2. The van der Waals surface area contributed by atoms with Gasteiger partial charge in [0.05, 0.1) is 7.11 Å². The summed E-state index contributed by atoms with van der Waals surface area (Å²) in [6.45, 7) is 0. The molecule has 0 saturated heterocycles. The predicted molar refractivity (Wildman–Crippen MR) is 107 cm³/mol. The Labute approximate surface area is 163 Å². The highest BCUT2D eigenvalue weighted by atomic mass is 16.5. The lowest BCUT2D eigenvalue weighted by Crippen LogP contribution is -2.24. The molecule has 1 heterocycles. The predicted octanol–water partition coefficient (Wildman–Crippen LogP) is 4.93. The van der Waals surface area contributed by atoms with Crippen LogP contribution in [0.2, 0.25) is 0 Å². The van der Waals surface area contributed by atoms with Gasteiger partial charge < -0.3 is 14.6 Å². The zero-order valence-electron chi connectivity index (χ0n) is 15.9. The van der Waals surface area contributed by atoms with Crippen molar-refractivity contribution in [1.82, 2.24) is 10.1 Å². The van der Waals surface area contributed by atoms with Crippen LogP contribution in [0.25, 0.3) is 22.8 Å². The Bertz CT molecular complexity index is 944. The molecule has 0 atom stereocenters. The van der Waals surface area contributed by atoms with Gasteiger partial charge in [-0.3, -0.25) is 4.79 Å². The summed E-state index contributed by atoms with van der Waals surface area (Å²) in [6, 6.07) is 15.0. The Morgan fingerprint density at radius 3 is 2.61 bits per heavy atom. The van der Waals surface area contributed by atoms with Crippen LogP contribution in [0, 0.1) is 5.92 Å². The van der Waals surface area contributed by atoms with E-state index < -0.39 is 0 Å². The van der Waals surface area contributed by atoms with Crippen LogP contribution in [0.15, 0.2) is 53.1 Å². The third-order valence-electron chi connectivity index (χ3n) is 5.13. The molecule has 1 aliphatic rings. The highest BCUT2D eigenvalue weighted by molar-refractivity contribution is 5.93. The van der Waals surface area contributed by atoms with Crippen molar-refractivity contribution >= 4 is 11.6 Å². The number of hydrogen-bond donors (Lipinski definition) is 1. The van der Waals surface area contributed by atoms with E-state index in [1.807, 2.05) is 48.5 Å². The van der Waals surface area contributed by atoms with E-state index in [1.54, 1.807) is 7.11 Å². The van der Waals surface area contributed by atoms with Gasteiger partial charge in [-0.1, -0.05) is 30.5 Å². The molecule has 1 N–H and O–H groups in total. The van der Waals surface area contributed by atoms with E-state index in [4.69, 9.17) is 9.26 Å². The summed E-state index contributed by atoms with van der Waals surface area (Å²) in [7, 11) is 1.63. The van der Waals surface area contributed by atoms with Crippen LogP contribution >= 0.6 is 0 Å². The maximum Gasteiger partial charge on any atom is 0.258 e. The Kier molecular flexibility index (Phi) is 5.37. The fraction of sp³-hybridized carbons (Fsp3) is 0.318. The molecule has 28 heavy (non-hydrogen) atoms. The van der Waals surface area contributed by atoms with E-state index in [1.165, 1.54) is 6.42 Å². The van der Waals surface area contributed by atoms with Crippen LogP contribution in [0.1, 0.15) is 32.1 Å². The zero-order chi connectivity index (χ0) is 19.3. The van der Waals surface area contributed by atoms with Crippen LogP contribution in [-0.2, 0) is 4.79 Å². The SMILES string of the molecule is COc1ccc(-c2noc(-c3cccc(NC(=O)C4CCCCC4)c3)n2)cc1.